The van der Waals surface area contributed by atoms with Crippen molar-refractivity contribution in [3.8, 4) is 0 Å². The Labute approximate surface area is 138 Å². The third-order valence-corrected chi connectivity index (χ3v) is 4.63. The molecule has 2 heterocycles. The van der Waals surface area contributed by atoms with Gasteiger partial charge >= 0.3 is 0 Å². The van der Waals surface area contributed by atoms with Gasteiger partial charge in [-0.25, -0.2) is 0 Å². The van der Waals surface area contributed by atoms with Crippen molar-refractivity contribution >= 4 is 0 Å². The van der Waals surface area contributed by atoms with Crippen LogP contribution in [0.2, 0.25) is 0 Å². The van der Waals surface area contributed by atoms with E-state index in [1.165, 1.54) is 7.11 Å². The molecule has 7 N–H and O–H groups in total. The van der Waals surface area contributed by atoms with Crippen molar-refractivity contribution in [2.75, 3.05) is 13.7 Å². The lowest BCUT2D eigenvalue weighted by atomic mass is 9.90. The van der Waals surface area contributed by atoms with E-state index in [4.69, 9.17) is 19.3 Å². The second-order valence-corrected chi connectivity index (χ2v) is 6.20. The van der Waals surface area contributed by atoms with Crippen molar-refractivity contribution in [3.63, 3.8) is 0 Å². The number of hydrogen-bond donors (Lipinski definition) is 7. The van der Waals surface area contributed by atoms with Crippen LogP contribution in [-0.4, -0.2) is 111 Å². The molecule has 0 amide bonds. The Balaban J connectivity index is 1.96. The highest BCUT2D eigenvalue weighted by Gasteiger charge is 2.46. The largest absolute Gasteiger partial charge is 0.394 e. The summed E-state index contributed by atoms with van der Waals surface area (Å²) in [6.07, 6.45) is -12.2. The summed E-state index contributed by atoms with van der Waals surface area (Å²) in [6, 6.07) is 0. The monoisotopic (exact) mass is 354 g/mol. The molecule has 0 aliphatic carbocycles. The zero-order valence-electron chi connectivity index (χ0n) is 13.3. The summed E-state index contributed by atoms with van der Waals surface area (Å²) < 4.78 is 15.6. The highest BCUT2D eigenvalue weighted by atomic mass is 16.7. The molecule has 10 nitrogen and oxygen atoms in total. The normalized spacial score (nSPS) is 50.0. The first-order valence-electron chi connectivity index (χ1n) is 7.84. The standard InChI is InChI=1S/C14H26O10/c1-22-14-13(21)12(20)9(17)6(24-14)3-2-5-8(16)11(19)10(18)7(4-15)23-5/h5-21H,2-4H2,1H3/t5-,6?,7-,8+,9-,10-,11-,12+,13-,14+/m1/s1. The van der Waals surface area contributed by atoms with Gasteiger partial charge in [-0.1, -0.05) is 0 Å². The summed E-state index contributed by atoms with van der Waals surface area (Å²) in [7, 11) is 1.28. The summed E-state index contributed by atoms with van der Waals surface area (Å²) in [4.78, 5) is 0. The average Bonchev–Trinajstić information content (AvgIpc) is 2.58. The fourth-order valence-electron chi connectivity index (χ4n) is 3.10. The molecule has 24 heavy (non-hydrogen) atoms. The van der Waals surface area contributed by atoms with E-state index < -0.39 is 67.8 Å². The predicted molar refractivity (Wildman–Crippen MR) is 76.7 cm³/mol. The Morgan fingerprint density at radius 2 is 1.12 bits per heavy atom. The van der Waals surface area contributed by atoms with Crippen LogP contribution in [0.1, 0.15) is 12.8 Å². The lowest BCUT2D eigenvalue weighted by Crippen LogP contribution is -2.60. The maximum atomic E-state index is 9.99. The Kier molecular flexibility index (Phi) is 6.90. The van der Waals surface area contributed by atoms with E-state index in [-0.39, 0.29) is 12.8 Å². The number of aliphatic hydroxyl groups excluding tert-OH is 7. The van der Waals surface area contributed by atoms with Crippen LogP contribution in [0.5, 0.6) is 0 Å². The number of ether oxygens (including phenoxy) is 3. The van der Waals surface area contributed by atoms with Gasteiger partial charge in [-0.3, -0.25) is 0 Å². The minimum absolute atomic E-state index is 0.114. The van der Waals surface area contributed by atoms with Crippen molar-refractivity contribution in [1.29, 1.82) is 0 Å². The SMILES string of the molecule is CO[C@H]1OC(CC[C@H]2O[C@H](CO)[C@@H](O)[C@H](O)[C@H]2O)[C@@H](O)[C@H](O)[C@H]1O. The fraction of sp³-hybridized carbons (Fsp3) is 1.00. The molecule has 2 aliphatic rings. The first-order chi connectivity index (χ1) is 11.3. The highest BCUT2D eigenvalue weighted by Crippen LogP contribution is 2.28. The predicted octanol–water partition coefficient (Wildman–Crippen LogP) is -3.94. The molecule has 142 valence electrons. The van der Waals surface area contributed by atoms with E-state index in [0.717, 1.165) is 0 Å². The molecular weight excluding hydrogens is 328 g/mol. The molecule has 0 aromatic carbocycles. The minimum Gasteiger partial charge on any atom is -0.394 e. The molecule has 2 fully saturated rings. The Hall–Kier alpha value is -0.400. The van der Waals surface area contributed by atoms with Gasteiger partial charge in [-0.15, -0.1) is 0 Å². The second-order valence-electron chi connectivity index (χ2n) is 6.20. The molecular formula is C14H26O10. The third kappa shape index (κ3) is 3.88. The summed E-state index contributed by atoms with van der Waals surface area (Å²) in [5, 5.41) is 68.1. The first-order valence-corrected chi connectivity index (χ1v) is 7.84. The number of methoxy groups -OCH3 is 1. The lowest BCUT2D eigenvalue weighted by molar-refractivity contribution is -0.293. The zero-order chi connectivity index (χ0) is 18.0. The first kappa shape index (κ1) is 19.9. The van der Waals surface area contributed by atoms with Gasteiger partial charge in [0.25, 0.3) is 0 Å². The molecule has 0 bridgehead atoms. The molecule has 10 atom stereocenters. The summed E-state index contributed by atoms with van der Waals surface area (Å²) in [5.41, 5.74) is 0. The van der Waals surface area contributed by atoms with Gasteiger partial charge in [0, 0.05) is 7.11 Å². The third-order valence-electron chi connectivity index (χ3n) is 4.63. The van der Waals surface area contributed by atoms with Crippen LogP contribution in [0, 0.1) is 0 Å². The molecule has 0 aromatic heterocycles. The average molecular weight is 354 g/mol. The van der Waals surface area contributed by atoms with Crippen LogP contribution >= 0.6 is 0 Å². The Bertz CT molecular complexity index is 356. The van der Waals surface area contributed by atoms with Crippen LogP contribution in [0.25, 0.3) is 0 Å². The van der Waals surface area contributed by atoms with Crippen molar-refractivity contribution < 1.29 is 50.0 Å². The second kappa shape index (κ2) is 8.32. The lowest BCUT2D eigenvalue weighted by Gasteiger charge is -2.42. The molecule has 0 aromatic rings. The van der Waals surface area contributed by atoms with Gasteiger partial charge in [0.2, 0.25) is 0 Å². The van der Waals surface area contributed by atoms with Crippen molar-refractivity contribution in [3.05, 3.63) is 0 Å². The van der Waals surface area contributed by atoms with E-state index in [9.17, 15) is 30.6 Å². The minimum atomic E-state index is -1.47. The number of rotatable bonds is 5. The maximum absolute atomic E-state index is 9.99. The van der Waals surface area contributed by atoms with Gasteiger partial charge in [-0.05, 0) is 12.8 Å². The molecule has 2 saturated heterocycles. The van der Waals surface area contributed by atoms with Crippen molar-refractivity contribution in [2.45, 2.75) is 74.1 Å². The zero-order valence-corrected chi connectivity index (χ0v) is 13.3. The van der Waals surface area contributed by atoms with Crippen LogP contribution in [0.4, 0.5) is 0 Å². The van der Waals surface area contributed by atoms with E-state index in [1.807, 2.05) is 0 Å². The Morgan fingerprint density at radius 3 is 1.62 bits per heavy atom. The molecule has 2 rings (SSSR count). The highest BCUT2D eigenvalue weighted by molar-refractivity contribution is 4.94. The quantitative estimate of drug-likeness (QED) is 0.259. The fourth-order valence-corrected chi connectivity index (χ4v) is 3.10. The number of hydrogen-bond acceptors (Lipinski definition) is 10. The van der Waals surface area contributed by atoms with Crippen molar-refractivity contribution in [1.82, 2.24) is 0 Å². The summed E-state index contributed by atoms with van der Waals surface area (Å²) in [5.74, 6) is 0. The molecule has 0 spiro atoms. The van der Waals surface area contributed by atoms with Gasteiger partial charge in [-0.2, -0.15) is 0 Å². The smallest absolute Gasteiger partial charge is 0.186 e. The van der Waals surface area contributed by atoms with Gasteiger partial charge < -0.3 is 50.0 Å². The van der Waals surface area contributed by atoms with E-state index in [2.05, 4.69) is 0 Å². The maximum Gasteiger partial charge on any atom is 0.186 e. The van der Waals surface area contributed by atoms with Gasteiger partial charge in [0.05, 0.1) is 18.8 Å². The van der Waals surface area contributed by atoms with E-state index >= 15 is 0 Å². The van der Waals surface area contributed by atoms with Crippen molar-refractivity contribution in [2.24, 2.45) is 0 Å². The molecule has 0 radical (unpaired) electrons. The molecule has 10 heteroatoms. The summed E-state index contributed by atoms with van der Waals surface area (Å²) >= 11 is 0. The van der Waals surface area contributed by atoms with E-state index in [1.54, 1.807) is 0 Å². The van der Waals surface area contributed by atoms with Gasteiger partial charge in [0.1, 0.15) is 42.7 Å². The van der Waals surface area contributed by atoms with Crippen LogP contribution in [0.3, 0.4) is 0 Å². The molecule has 1 unspecified atom stereocenters. The summed E-state index contributed by atoms with van der Waals surface area (Å²) in [6.45, 7) is -0.527. The molecule has 0 saturated carbocycles. The Morgan fingerprint density at radius 1 is 0.667 bits per heavy atom. The molecule has 2 aliphatic heterocycles. The van der Waals surface area contributed by atoms with E-state index in [0.29, 0.717) is 0 Å². The van der Waals surface area contributed by atoms with Gasteiger partial charge in [0.15, 0.2) is 6.29 Å². The van der Waals surface area contributed by atoms with Crippen LogP contribution < -0.4 is 0 Å². The van der Waals surface area contributed by atoms with Crippen LogP contribution in [0.15, 0.2) is 0 Å². The van der Waals surface area contributed by atoms with Crippen LogP contribution in [-0.2, 0) is 14.2 Å². The topological polar surface area (TPSA) is 169 Å². The number of aliphatic hydroxyl groups is 7.